The average Bonchev–Trinajstić information content (AvgIpc) is 2.93. The van der Waals surface area contributed by atoms with Gasteiger partial charge in [-0.25, -0.2) is 0 Å². The molecule has 0 bridgehead atoms. The monoisotopic (exact) mass is 251 g/mol. The molecule has 3 aromatic rings. The van der Waals surface area contributed by atoms with Gasteiger partial charge in [0.2, 0.25) is 0 Å². The summed E-state index contributed by atoms with van der Waals surface area (Å²) in [5.74, 6) is 0.487. The van der Waals surface area contributed by atoms with Crippen LogP contribution >= 0.6 is 0 Å². The third-order valence-corrected chi connectivity index (χ3v) is 3.42. The lowest BCUT2D eigenvalue weighted by Gasteiger charge is -2.14. The molecule has 0 aliphatic carbocycles. The predicted molar refractivity (Wildman–Crippen MR) is 79.4 cm³/mol. The highest BCUT2D eigenvalue weighted by atomic mass is 15.1. The van der Waals surface area contributed by atoms with E-state index in [1.54, 1.807) is 0 Å². The molecular formula is C16H17N3. The molecule has 2 N–H and O–H groups in total. The summed E-state index contributed by atoms with van der Waals surface area (Å²) < 4.78 is 0. The lowest BCUT2D eigenvalue weighted by Crippen LogP contribution is -2.09. The Morgan fingerprint density at radius 1 is 1.16 bits per heavy atom. The molecule has 3 heteroatoms. The first-order valence-corrected chi connectivity index (χ1v) is 6.55. The molecule has 2 aromatic carbocycles. The lowest BCUT2D eigenvalue weighted by molar-refractivity contribution is 0.805. The van der Waals surface area contributed by atoms with Gasteiger partial charge in [-0.15, -0.1) is 0 Å². The fraction of sp³-hybridized carbons (Fsp3) is 0.188. The zero-order chi connectivity index (χ0) is 13.1. The molecule has 0 radical (unpaired) electrons. The minimum Gasteiger partial charge on any atom is -0.384 e. The second-order valence-corrected chi connectivity index (χ2v) is 4.86. The summed E-state index contributed by atoms with van der Waals surface area (Å²) in [6, 6.07) is 16.8. The number of fused-ring (bicyclic) bond motifs is 1. The van der Waals surface area contributed by atoms with Gasteiger partial charge < -0.3 is 5.32 Å². The number of anilines is 1. The summed E-state index contributed by atoms with van der Waals surface area (Å²) >= 11 is 0. The number of rotatable bonds is 4. The predicted octanol–water partition coefficient (Wildman–Crippen LogP) is 3.78. The summed E-state index contributed by atoms with van der Waals surface area (Å²) in [7, 11) is 0. The van der Waals surface area contributed by atoms with E-state index in [1.807, 2.05) is 6.20 Å². The van der Waals surface area contributed by atoms with Crippen molar-refractivity contribution >= 4 is 16.6 Å². The summed E-state index contributed by atoms with van der Waals surface area (Å²) in [5, 5.41) is 11.6. The van der Waals surface area contributed by atoms with E-state index < -0.39 is 0 Å². The number of aromatic nitrogens is 2. The van der Waals surface area contributed by atoms with Crippen LogP contribution in [0.25, 0.3) is 10.9 Å². The molecule has 3 rings (SSSR count). The van der Waals surface area contributed by atoms with Crippen molar-refractivity contribution in [3.63, 3.8) is 0 Å². The number of hydrogen-bond donors (Lipinski definition) is 2. The van der Waals surface area contributed by atoms with Crippen molar-refractivity contribution in [1.29, 1.82) is 0 Å². The lowest BCUT2D eigenvalue weighted by atomic mass is 10.0. The molecule has 0 saturated carbocycles. The van der Waals surface area contributed by atoms with Crippen LogP contribution in [-0.4, -0.2) is 16.7 Å². The highest BCUT2D eigenvalue weighted by Crippen LogP contribution is 2.19. The molecule has 96 valence electrons. The zero-order valence-electron chi connectivity index (χ0n) is 10.9. The molecule has 3 nitrogen and oxygen atoms in total. The second kappa shape index (κ2) is 5.14. The van der Waals surface area contributed by atoms with Gasteiger partial charge in [-0.2, -0.15) is 5.10 Å². The summed E-state index contributed by atoms with van der Waals surface area (Å²) in [6.07, 6.45) is 1.85. The third kappa shape index (κ3) is 2.60. The Hall–Kier alpha value is -2.29. The van der Waals surface area contributed by atoms with E-state index in [4.69, 9.17) is 0 Å². The molecule has 0 aliphatic rings. The van der Waals surface area contributed by atoms with Crippen molar-refractivity contribution in [2.45, 2.75) is 12.8 Å². The SMILES string of the molecule is CC(CNc1ccc2[nH]ncc2c1)c1ccccc1. The van der Waals surface area contributed by atoms with Crippen LogP contribution < -0.4 is 5.32 Å². The Bertz CT molecular complexity index is 658. The van der Waals surface area contributed by atoms with Crippen LogP contribution in [0.15, 0.2) is 54.7 Å². The van der Waals surface area contributed by atoms with Crippen molar-refractivity contribution in [1.82, 2.24) is 10.2 Å². The molecule has 1 heterocycles. The summed E-state index contributed by atoms with van der Waals surface area (Å²) in [5.41, 5.74) is 3.57. The largest absolute Gasteiger partial charge is 0.384 e. The normalized spacial score (nSPS) is 12.5. The van der Waals surface area contributed by atoms with Crippen LogP contribution in [0.1, 0.15) is 18.4 Å². The van der Waals surface area contributed by atoms with Crippen LogP contribution in [0.2, 0.25) is 0 Å². The van der Waals surface area contributed by atoms with Crippen LogP contribution in [0.4, 0.5) is 5.69 Å². The first-order chi connectivity index (χ1) is 9.33. The smallest absolute Gasteiger partial charge is 0.0651 e. The molecule has 0 amide bonds. The van der Waals surface area contributed by atoms with Gasteiger partial charge in [0.25, 0.3) is 0 Å². The van der Waals surface area contributed by atoms with E-state index >= 15 is 0 Å². The molecule has 19 heavy (non-hydrogen) atoms. The average molecular weight is 251 g/mol. The van der Waals surface area contributed by atoms with Crippen LogP contribution in [0, 0.1) is 0 Å². The van der Waals surface area contributed by atoms with E-state index in [0.29, 0.717) is 5.92 Å². The van der Waals surface area contributed by atoms with Gasteiger partial charge in [0.1, 0.15) is 0 Å². The standard InChI is InChI=1S/C16H17N3/c1-12(13-5-3-2-4-6-13)10-17-15-7-8-16-14(9-15)11-18-19-16/h2-9,11-12,17H,10H2,1H3,(H,18,19). The van der Waals surface area contributed by atoms with E-state index in [1.165, 1.54) is 5.56 Å². The van der Waals surface area contributed by atoms with Gasteiger partial charge >= 0.3 is 0 Å². The van der Waals surface area contributed by atoms with Gasteiger partial charge in [0, 0.05) is 17.6 Å². The zero-order valence-corrected chi connectivity index (χ0v) is 10.9. The molecule has 1 unspecified atom stereocenters. The van der Waals surface area contributed by atoms with E-state index in [9.17, 15) is 0 Å². The van der Waals surface area contributed by atoms with E-state index in [-0.39, 0.29) is 0 Å². The molecule has 0 fully saturated rings. The molecule has 0 saturated heterocycles. The number of nitrogens with one attached hydrogen (secondary N) is 2. The van der Waals surface area contributed by atoms with Gasteiger partial charge in [-0.1, -0.05) is 37.3 Å². The third-order valence-electron chi connectivity index (χ3n) is 3.42. The number of hydrogen-bond acceptors (Lipinski definition) is 2. The minimum absolute atomic E-state index is 0.487. The maximum Gasteiger partial charge on any atom is 0.0651 e. The topological polar surface area (TPSA) is 40.7 Å². The number of nitrogens with zero attached hydrogens (tertiary/aromatic N) is 1. The second-order valence-electron chi connectivity index (χ2n) is 4.86. The maximum absolute atomic E-state index is 4.03. The minimum atomic E-state index is 0.487. The van der Waals surface area contributed by atoms with Crippen molar-refractivity contribution < 1.29 is 0 Å². The first-order valence-electron chi connectivity index (χ1n) is 6.55. The van der Waals surface area contributed by atoms with Crippen LogP contribution in [0.5, 0.6) is 0 Å². The Morgan fingerprint density at radius 3 is 2.84 bits per heavy atom. The van der Waals surface area contributed by atoms with Gasteiger partial charge in [-0.3, -0.25) is 5.10 Å². The number of H-pyrrole nitrogens is 1. The van der Waals surface area contributed by atoms with Crippen LogP contribution in [-0.2, 0) is 0 Å². The fourth-order valence-corrected chi connectivity index (χ4v) is 2.22. The molecule has 1 aromatic heterocycles. The van der Waals surface area contributed by atoms with Crippen molar-refractivity contribution in [2.75, 3.05) is 11.9 Å². The summed E-state index contributed by atoms with van der Waals surface area (Å²) in [6.45, 7) is 3.16. The number of aromatic amines is 1. The molecular weight excluding hydrogens is 234 g/mol. The van der Waals surface area contributed by atoms with Crippen molar-refractivity contribution in [3.05, 3.63) is 60.3 Å². The molecule has 0 spiro atoms. The highest BCUT2D eigenvalue weighted by Gasteiger charge is 2.05. The first kappa shape index (κ1) is 11.8. The van der Waals surface area contributed by atoms with Gasteiger partial charge in [0.15, 0.2) is 0 Å². The van der Waals surface area contributed by atoms with Crippen molar-refractivity contribution in [2.24, 2.45) is 0 Å². The quantitative estimate of drug-likeness (QED) is 0.741. The number of benzene rings is 2. The Morgan fingerprint density at radius 2 is 2.00 bits per heavy atom. The van der Waals surface area contributed by atoms with E-state index in [2.05, 4.69) is 71.0 Å². The summed E-state index contributed by atoms with van der Waals surface area (Å²) in [4.78, 5) is 0. The molecule has 0 aliphatic heterocycles. The fourth-order valence-electron chi connectivity index (χ4n) is 2.22. The van der Waals surface area contributed by atoms with Gasteiger partial charge in [0.05, 0.1) is 11.7 Å². The highest BCUT2D eigenvalue weighted by molar-refractivity contribution is 5.81. The van der Waals surface area contributed by atoms with Crippen molar-refractivity contribution in [3.8, 4) is 0 Å². The Labute approximate surface area is 112 Å². The Balaban J connectivity index is 1.68. The Kier molecular flexibility index (Phi) is 3.19. The molecule has 1 atom stereocenters. The van der Waals surface area contributed by atoms with Gasteiger partial charge in [-0.05, 0) is 29.7 Å². The maximum atomic E-state index is 4.03. The van der Waals surface area contributed by atoms with E-state index in [0.717, 1.165) is 23.1 Å². The van der Waals surface area contributed by atoms with Crippen LogP contribution in [0.3, 0.4) is 0 Å².